The third-order valence-electron chi connectivity index (χ3n) is 2.90. The number of benzene rings is 1. The van der Waals surface area contributed by atoms with E-state index < -0.39 is 12.5 Å². The van der Waals surface area contributed by atoms with Gasteiger partial charge in [0.1, 0.15) is 0 Å². The first-order chi connectivity index (χ1) is 9.54. The van der Waals surface area contributed by atoms with Crippen LogP contribution < -0.4 is 0 Å². The molecule has 0 aliphatic rings. The van der Waals surface area contributed by atoms with Gasteiger partial charge < -0.3 is 0 Å². The van der Waals surface area contributed by atoms with Gasteiger partial charge in [0.15, 0.2) is 4.33 Å². The highest BCUT2D eigenvalue weighted by atomic mass is 35.6. The summed E-state index contributed by atoms with van der Waals surface area (Å²) in [5.74, 6) is 0. The molecule has 0 N–H and O–H groups in total. The van der Waals surface area contributed by atoms with Crippen LogP contribution in [0.2, 0.25) is 0 Å². The molecule has 1 radical (unpaired) electrons. The molecule has 119 valence electrons. The van der Waals surface area contributed by atoms with Crippen molar-refractivity contribution in [3.63, 3.8) is 0 Å². The van der Waals surface area contributed by atoms with Crippen LogP contribution in [0.25, 0.3) is 0 Å². The first-order valence-electron chi connectivity index (χ1n) is 6.04. The minimum atomic E-state index is -2.09. The molecule has 0 heterocycles. The SMILES string of the molecule is [O]CCCCc1cccc(C(Cl)(Cl)C(Cl)(Cl)C(Cl)(Cl)Cl)c1. The van der Waals surface area contributed by atoms with Crippen molar-refractivity contribution in [2.45, 2.75) is 31.7 Å². The largest absolute Gasteiger partial charge is 0.237 e. The summed E-state index contributed by atoms with van der Waals surface area (Å²) in [5.41, 5.74) is 1.36. The van der Waals surface area contributed by atoms with Crippen molar-refractivity contribution in [1.29, 1.82) is 0 Å². The highest BCUT2D eigenvalue weighted by Crippen LogP contribution is 2.60. The highest BCUT2D eigenvalue weighted by molar-refractivity contribution is 6.78. The lowest BCUT2D eigenvalue weighted by atomic mass is 10.0. The van der Waals surface area contributed by atoms with Gasteiger partial charge in [-0.15, -0.1) is 0 Å². The lowest BCUT2D eigenvalue weighted by Gasteiger charge is -2.38. The lowest BCUT2D eigenvalue weighted by Crippen LogP contribution is -2.45. The molecule has 1 aromatic carbocycles. The third-order valence-corrected chi connectivity index (χ3v) is 6.85. The zero-order valence-corrected chi connectivity index (χ0v) is 16.0. The van der Waals surface area contributed by atoms with Gasteiger partial charge >= 0.3 is 0 Å². The van der Waals surface area contributed by atoms with Crippen LogP contribution in [0.15, 0.2) is 24.3 Å². The molecule has 0 unspecified atom stereocenters. The highest BCUT2D eigenvalue weighted by Gasteiger charge is 2.60. The first kappa shape index (κ1) is 20.3. The average Bonchev–Trinajstić information content (AvgIpc) is 2.38. The Kier molecular flexibility index (Phi) is 7.58. The number of hydrogen-bond donors (Lipinski definition) is 0. The maximum atomic E-state index is 10.5. The quantitative estimate of drug-likeness (QED) is 0.356. The van der Waals surface area contributed by atoms with Crippen LogP contribution in [0.1, 0.15) is 24.0 Å². The molecule has 0 aliphatic carbocycles. The summed E-state index contributed by atoms with van der Waals surface area (Å²) in [4.78, 5) is 0. The molecule has 0 spiro atoms. The zero-order valence-electron chi connectivity index (χ0n) is 10.7. The van der Waals surface area contributed by atoms with E-state index in [1.807, 2.05) is 6.07 Å². The van der Waals surface area contributed by atoms with Gasteiger partial charge in [0.2, 0.25) is 8.13 Å². The van der Waals surface area contributed by atoms with E-state index in [-0.39, 0.29) is 6.61 Å². The van der Waals surface area contributed by atoms with Crippen molar-refractivity contribution in [3.05, 3.63) is 35.4 Å². The van der Waals surface area contributed by atoms with Crippen LogP contribution in [-0.2, 0) is 15.9 Å². The van der Waals surface area contributed by atoms with E-state index in [0.717, 1.165) is 12.0 Å². The molecule has 1 rings (SSSR count). The average molecular weight is 432 g/mol. The van der Waals surface area contributed by atoms with Crippen LogP contribution in [0.5, 0.6) is 0 Å². The van der Waals surface area contributed by atoms with E-state index in [2.05, 4.69) is 0 Å². The van der Waals surface area contributed by atoms with Crippen molar-refractivity contribution in [1.82, 2.24) is 0 Å². The molecule has 0 aliphatic heterocycles. The molecule has 0 aromatic heterocycles. The predicted molar refractivity (Wildman–Crippen MR) is 93.0 cm³/mol. The summed E-state index contributed by atoms with van der Waals surface area (Å²) in [7, 11) is 0. The summed E-state index contributed by atoms with van der Waals surface area (Å²) < 4.78 is -5.96. The Morgan fingerprint density at radius 2 is 1.52 bits per heavy atom. The van der Waals surface area contributed by atoms with E-state index in [9.17, 15) is 5.11 Å². The summed E-state index contributed by atoms with van der Waals surface area (Å²) in [6.45, 7) is -0.103. The van der Waals surface area contributed by atoms with Crippen LogP contribution in [0.4, 0.5) is 0 Å². The number of aryl methyl sites for hydroxylation is 1. The van der Waals surface area contributed by atoms with E-state index in [1.54, 1.807) is 18.2 Å². The summed E-state index contributed by atoms with van der Waals surface area (Å²) in [5, 5.41) is 10.5. The first-order valence-corrected chi connectivity index (χ1v) is 8.68. The molecule has 0 atom stereocenters. The Morgan fingerprint density at radius 3 is 2.05 bits per heavy atom. The van der Waals surface area contributed by atoms with E-state index in [4.69, 9.17) is 81.2 Å². The third kappa shape index (κ3) is 4.84. The molecule has 0 fully saturated rings. The normalized spacial score (nSPS) is 13.5. The second kappa shape index (κ2) is 7.85. The molecule has 0 amide bonds. The summed E-state index contributed by atoms with van der Waals surface area (Å²) in [6, 6.07) is 7.02. The fourth-order valence-corrected chi connectivity index (χ4v) is 3.16. The number of hydrogen-bond acceptors (Lipinski definition) is 0. The fourth-order valence-electron chi connectivity index (χ4n) is 1.71. The Hall–Kier alpha value is 1.21. The Morgan fingerprint density at radius 1 is 0.905 bits per heavy atom. The van der Waals surface area contributed by atoms with Crippen molar-refractivity contribution in [2.75, 3.05) is 6.61 Å². The molecule has 0 bridgehead atoms. The van der Waals surface area contributed by atoms with Gasteiger partial charge in [-0.05, 0) is 30.4 Å². The minimum Gasteiger partial charge on any atom is -0.237 e. The van der Waals surface area contributed by atoms with Crippen LogP contribution in [0, 0.1) is 0 Å². The van der Waals surface area contributed by atoms with E-state index in [0.29, 0.717) is 18.4 Å². The van der Waals surface area contributed by atoms with Crippen molar-refractivity contribution in [3.8, 4) is 0 Å². The molecule has 1 nitrogen and oxygen atoms in total. The van der Waals surface area contributed by atoms with Crippen LogP contribution >= 0.6 is 81.2 Å². The maximum Gasteiger partial charge on any atom is 0.226 e. The van der Waals surface area contributed by atoms with Gasteiger partial charge in [0.05, 0.1) is 6.61 Å². The lowest BCUT2D eigenvalue weighted by molar-refractivity contribution is 0.187. The number of halogens is 7. The molecule has 21 heavy (non-hydrogen) atoms. The van der Waals surface area contributed by atoms with Gasteiger partial charge in [-0.25, -0.2) is 5.11 Å². The Labute approximate surface area is 159 Å². The molecule has 8 heteroatoms. The van der Waals surface area contributed by atoms with Gasteiger partial charge in [0, 0.05) is 0 Å². The number of unbranched alkanes of at least 4 members (excludes halogenated alkanes) is 1. The molecule has 1 aromatic rings. The molecule has 0 saturated carbocycles. The van der Waals surface area contributed by atoms with Gasteiger partial charge in [-0.3, -0.25) is 0 Å². The Bertz CT molecular complexity index is 468. The second-order valence-electron chi connectivity index (χ2n) is 4.51. The zero-order chi connectivity index (χ0) is 16.3. The molecule has 0 saturated heterocycles. The smallest absolute Gasteiger partial charge is 0.226 e. The number of rotatable bonds is 6. The van der Waals surface area contributed by atoms with E-state index >= 15 is 0 Å². The topological polar surface area (TPSA) is 19.9 Å². The fraction of sp³-hybridized carbons (Fsp3) is 0.538. The van der Waals surface area contributed by atoms with Gasteiger partial charge in [0.25, 0.3) is 0 Å². The minimum absolute atomic E-state index is 0.103. The van der Waals surface area contributed by atoms with Gasteiger partial charge in [-0.2, -0.15) is 0 Å². The second-order valence-corrected chi connectivity index (χ2v) is 9.44. The summed E-state index contributed by atoms with van der Waals surface area (Å²) >= 11 is 42.0. The maximum absolute atomic E-state index is 10.5. The van der Waals surface area contributed by atoms with Crippen molar-refractivity contribution >= 4 is 81.2 Å². The molecular formula is C13H12Cl7O. The van der Waals surface area contributed by atoms with E-state index in [1.165, 1.54) is 0 Å². The molecular weight excluding hydrogens is 420 g/mol. The van der Waals surface area contributed by atoms with Crippen molar-refractivity contribution in [2.24, 2.45) is 0 Å². The van der Waals surface area contributed by atoms with Crippen molar-refractivity contribution < 1.29 is 5.11 Å². The van der Waals surface area contributed by atoms with Crippen LogP contribution in [-0.4, -0.2) is 14.7 Å². The number of alkyl halides is 7. The monoisotopic (exact) mass is 429 g/mol. The standard InChI is InChI=1S/C13H12Cl7O/c14-11(15,12(16,17)13(18,19)20)10-6-3-5-9(8-10)4-1-2-7-21/h3,5-6,8H,1-2,4,7H2. The Balaban J connectivity index is 3.06. The van der Waals surface area contributed by atoms with Crippen LogP contribution in [0.3, 0.4) is 0 Å². The van der Waals surface area contributed by atoms with Gasteiger partial charge in [-0.1, -0.05) is 105 Å². The summed E-state index contributed by atoms with van der Waals surface area (Å²) in [6.07, 6.45) is 2.08. The predicted octanol–water partition coefficient (Wildman–Crippen LogP) is 6.61.